The van der Waals surface area contributed by atoms with Crippen LogP contribution in [0.2, 0.25) is 0 Å². The van der Waals surface area contributed by atoms with Crippen LogP contribution < -0.4 is 10.6 Å². The van der Waals surface area contributed by atoms with Crippen molar-refractivity contribution in [2.45, 2.75) is 25.4 Å². The molecule has 0 aromatic heterocycles. The van der Waals surface area contributed by atoms with E-state index >= 15 is 0 Å². The van der Waals surface area contributed by atoms with Crippen molar-refractivity contribution in [2.75, 3.05) is 26.2 Å². The van der Waals surface area contributed by atoms with Gasteiger partial charge in [-0.05, 0) is 24.6 Å². The molecule has 0 bridgehead atoms. The summed E-state index contributed by atoms with van der Waals surface area (Å²) in [6.45, 7) is 3.25. The molecule has 1 fully saturated rings. The van der Waals surface area contributed by atoms with E-state index < -0.39 is 30.7 Å². The van der Waals surface area contributed by atoms with E-state index in [-0.39, 0.29) is 6.04 Å². The minimum Gasteiger partial charge on any atom is -0.349 e. The maximum absolute atomic E-state index is 13.1. The van der Waals surface area contributed by atoms with Gasteiger partial charge in [-0.1, -0.05) is 12.1 Å². The second-order valence-corrected chi connectivity index (χ2v) is 5.44. The van der Waals surface area contributed by atoms with Gasteiger partial charge in [0.25, 0.3) is 6.43 Å². The molecule has 1 aromatic carbocycles. The number of piperazine rings is 1. The number of nitrogens with one attached hydrogen (secondary N) is 2. The smallest absolute Gasteiger partial charge is 0.255 e. The lowest BCUT2D eigenvalue weighted by Crippen LogP contribution is -2.53. The van der Waals surface area contributed by atoms with Gasteiger partial charge in [-0.15, -0.1) is 0 Å². The Morgan fingerprint density at radius 3 is 2.68 bits per heavy atom. The highest BCUT2D eigenvalue weighted by Crippen LogP contribution is 2.23. The van der Waals surface area contributed by atoms with Gasteiger partial charge in [0.1, 0.15) is 11.9 Å². The first kappa shape index (κ1) is 16.8. The summed E-state index contributed by atoms with van der Waals surface area (Å²) >= 11 is 0. The van der Waals surface area contributed by atoms with Gasteiger partial charge in [-0.25, -0.2) is 13.2 Å². The summed E-state index contributed by atoms with van der Waals surface area (Å²) in [6, 6.07) is 5.09. The zero-order valence-corrected chi connectivity index (χ0v) is 12.4. The third kappa shape index (κ3) is 4.45. The molecule has 1 heterocycles. The third-order valence-corrected chi connectivity index (χ3v) is 3.63. The summed E-state index contributed by atoms with van der Waals surface area (Å²) < 4.78 is 37.7. The number of nitrogens with zero attached hydrogens (tertiary/aromatic N) is 1. The van der Waals surface area contributed by atoms with Crippen molar-refractivity contribution in [3.63, 3.8) is 0 Å². The fraction of sp³-hybridized carbons (Fsp3) is 0.533. The Morgan fingerprint density at radius 2 is 2.09 bits per heavy atom. The lowest BCUT2D eigenvalue weighted by atomic mass is 10.0. The average Bonchev–Trinajstić information content (AvgIpc) is 2.47. The Kier molecular flexibility index (Phi) is 5.79. The molecule has 122 valence electrons. The van der Waals surface area contributed by atoms with Gasteiger partial charge in [-0.2, -0.15) is 0 Å². The number of hydrogen-bond donors (Lipinski definition) is 2. The lowest BCUT2D eigenvalue weighted by molar-refractivity contribution is -0.127. The Balaban J connectivity index is 2.19. The molecule has 0 radical (unpaired) electrons. The molecule has 0 saturated carbocycles. The summed E-state index contributed by atoms with van der Waals surface area (Å²) in [6.07, 6.45) is -2.60. The van der Waals surface area contributed by atoms with Crippen LogP contribution in [0.25, 0.3) is 0 Å². The van der Waals surface area contributed by atoms with Gasteiger partial charge < -0.3 is 10.6 Å². The fourth-order valence-electron chi connectivity index (χ4n) is 2.64. The molecule has 2 unspecified atom stereocenters. The molecule has 22 heavy (non-hydrogen) atoms. The number of halogens is 3. The highest BCUT2D eigenvalue weighted by molar-refractivity contribution is 5.83. The number of hydrogen-bond acceptors (Lipinski definition) is 3. The molecule has 2 rings (SSSR count). The van der Waals surface area contributed by atoms with Gasteiger partial charge >= 0.3 is 0 Å². The molecule has 2 N–H and O–H groups in total. The first-order valence-corrected chi connectivity index (χ1v) is 7.26. The predicted octanol–water partition coefficient (Wildman–Crippen LogP) is 1.54. The van der Waals surface area contributed by atoms with Crippen LogP contribution in [-0.2, 0) is 4.79 Å². The maximum Gasteiger partial charge on any atom is 0.255 e. The topological polar surface area (TPSA) is 44.4 Å². The Labute approximate surface area is 127 Å². The number of rotatable bonds is 5. The highest BCUT2D eigenvalue weighted by Gasteiger charge is 2.30. The second-order valence-electron chi connectivity index (χ2n) is 5.44. The molecule has 4 nitrogen and oxygen atoms in total. The summed E-state index contributed by atoms with van der Waals surface area (Å²) in [7, 11) is 0. The quantitative estimate of drug-likeness (QED) is 0.866. The minimum absolute atomic E-state index is 0.194. The molecule has 0 aliphatic carbocycles. The van der Waals surface area contributed by atoms with E-state index in [1.54, 1.807) is 0 Å². The molecule has 1 aromatic rings. The SMILES string of the molecule is CC1CN(C(C(=O)NCC(F)F)c2ccc(F)cc2)CCN1. The van der Waals surface area contributed by atoms with E-state index in [0.717, 1.165) is 0 Å². The first-order chi connectivity index (χ1) is 10.5. The molecule has 1 saturated heterocycles. The first-order valence-electron chi connectivity index (χ1n) is 7.26. The molecule has 0 spiro atoms. The zero-order valence-electron chi connectivity index (χ0n) is 12.4. The van der Waals surface area contributed by atoms with Gasteiger partial charge in [0.2, 0.25) is 5.91 Å². The number of benzene rings is 1. The number of amides is 1. The van der Waals surface area contributed by atoms with Crippen LogP contribution in [-0.4, -0.2) is 49.5 Å². The predicted molar refractivity (Wildman–Crippen MR) is 77.2 cm³/mol. The van der Waals surface area contributed by atoms with Crippen LogP contribution in [0.5, 0.6) is 0 Å². The Hall–Kier alpha value is -1.60. The minimum atomic E-state index is -2.60. The van der Waals surface area contributed by atoms with Gasteiger partial charge in [0, 0.05) is 25.7 Å². The Morgan fingerprint density at radius 1 is 1.41 bits per heavy atom. The Bertz CT molecular complexity index is 495. The van der Waals surface area contributed by atoms with Crippen LogP contribution in [0.4, 0.5) is 13.2 Å². The summed E-state index contributed by atoms with van der Waals surface area (Å²) in [4.78, 5) is 14.3. The largest absolute Gasteiger partial charge is 0.349 e. The van der Waals surface area contributed by atoms with Crippen LogP contribution in [0.1, 0.15) is 18.5 Å². The van der Waals surface area contributed by atoms with Crippen molar-refractivity contribution in [3.8, 4) is 0 Å². The van der Waals surface area contributed by atoms with Gasteiger partial charge in [0.05, 0.1) is 6.54 Å². The van der Waals surface area contributed by atoms with Crippen LogP contribution in [0.15, 0.2) is 24.3 Å². The molecular weight excluding hydrogens is 295 g/mol. The van der Waals surface area contributed by atoms with Crippen LogP contribution in [0, 0.1) is 5.82 Å². The van der Waals surface area contributed by atoms with E-state index in [0.29, 0.717) is 25.2 Å². The molecule has 1 aliphatic heterocycles. The van der Waals surface area contributed by atoms with Crippen molar-refractivity contribution in [1.29, 1.82) is 0 Å². The number of carbonyl (C=O) groups is 1. The van der Waals surface area contributed by atoms with E-state index in [2.05, 4.69) is 10.6 Å². The van der Waals surface area contributed by atoms with Crippen molar-refractivity contribution in [3.05, 3.63) is 35.6 Å². The third-order valence-electron chi connectivity index (χ3n) is 3.63. The zero-order chi connectivity index (χ0) is 16.1. The van der Waals surface area contributed by atoms with E-state index in [9.17, 15) is 18.0 Å². The van der Waals surface area contributed by atoms with Crippen LogP contribution >= 0.6 is 0 Å². The summed E-state index contributed by atoms with van der Waals surface area (Å²) in [5.74, 6) is -0.884. The fourth-order valence-corrected chi connectivity index (χ4v) is 2.64. The van der Waals surface area contributed by atoms with Crippen molar-refractivity contribution >= 4 is 5.91 Å². The molecule has 7 heteroatoms. The maximum atomic E-state index is 13.1. The van der Waals surface area contributed by atoms with E-state index in [4.69, 9.17) is 0 Å². The lowest BCUT2D eigenvalue weighted by Gasteiger charge is -2.37. The normalized spacial score (nSPS) is 20.9. The van der Waals surface area contributed by atoms with Crippen LogP contribution in [0.3, 0.4) is 0 Å². The molecule has 1 amide bonds. The van der Waals surface area contributed by atoms with Crippen molar-refractivity contribution < 1.29 is 18.0 Å². The van der Waals surface area contributed by atoms with Gasteiger partial charge in [-0.3, -0.25) is 9.69 Å². The second kappa shape index (κ2) is 7.60. The van der Waals surface area contributed by atoms with E-state index in [1.165, 1.54) is 24.3 Å². The monoisotopic (exact) mass is 315 g/mol. The van der Waals surface area contributed by atoms with Crippen molar-refractivity contribution in [1.82, 2.24) is 15.5 Å². The highest BCUT2D eigenvalue weighted by atomic mass is 19.3. The van der Waals surface area contributed by atoms with Gasteiger partial charge in [0.15, 0.2) is 0 Å². The molecule has 2 atom stereocenters. The molecular formula is C15H20F3N3O. The summed E-state index contributed by atoms with van der Waals surface area (Å²) in [5, 5.41) is 5.53. The number of alkyl halides is 2. The van der Waals surface area contributed by atoms with Crippen molar-refractivity contribution in [2.24, 2.45) is 0 Å². The number of carbonyl (C=O) groups excluding carboxylic acids is 1. The average molecular weight is 315 g/mol. The molecule has 1 aliphatic rings. The standard InChI is InChI=1S/C15H20F3N3O/c1-10-9-21(7-6-19-10)14(15(22)20-8-13(17)18)11-2-4-12(16)5-3-11/h2-5,10,13-14,19H,6-9H2,1H3,(H,20,22). The summed E-state index contributed by atoms with van der Waals surface area (Å²) in [5.41, 5.74) is 0.599. The van der Waals surface area contributed by atoms with E-state index in [1.807, 2.05) is 11.8 Å².